The van der Waals surface area contributed by atoms with Gasteiger partial charge in [0, 0.05) is 16.3 Å². The van der Waals surface area contributed by atoms with E-state index in [9.17, 15) is 15.1 Å². The zero-order valence-corrected chi connectivity index (χ0v) is 41.4. The first kappa shape index (κ1) is 29.8. The summed E-state index contributed by atoms with van der Waals surface area (Å²) in [6, 6.07) is -0.933. The van der Waals surface area contributed by atoms with Gasteiger partial charge in [-0.3, -0.25) is 0 Å². The molecule has 0 unspecified atom stereocenters. The molecule has 1 aromatic heterocycles. The van der Waals surface area contributed by atoms with Gasteiger partial charge in [0.05, 0.1) is 19.2 Å². The molecule has 1 heterocycles. The molecule has 0 fully saturated rings. The van der Waals surface area contributed by atoms with Gasteiger partial charge in [-0.2, -0.15) is 0 Å². The van der Waals surface area contributed by atoms with Gasteiger partial charge < -0.3 is 4.42 Å². The van der Waals surface area contributed by atoms with E-state index in [0.717, 1.165) is 38.8 Å². The first-order valence-electron chi connectivity index (χ1n) is 30.2. The van der Waals surface area contributed by atoms with Crippen LogP contribution in [-0.4, -0.2) is 0 Å². The molecule has 0 bridgehead atoms. The van der Waals surface area contributed by atoms with E-state index in [0.29, 0.717) is 115 Å². The maximum absolute atomic E-state index is 10.8. The van der Waals surface area contributed by atoms with Crippen LogP contribution in [0.5, 0.6) is 0 Å². The monoisotopic (exact) mass is 885 g/mol. The first-order chi connectivity index (χ1) is 37.8. The molecule has 332 valence electrons. The Kier molecular flexibility index (Phi) is 6.64. The van der Waals surface area contributed by atoms with Gasteiger partial charge in [-0.1, -0.05) is 89.7 Å². The highest BCUT2D eigenvalue weighted by atomic mass is 16.3. The number of rotatable bonds is 3. The molecule has 11 aromatic rings. The number of furan rings is 1. The SMILES string of the molecule is [2H]c1c(C)c(-c2c3c([2H])c(C)c([2H])c([2H])c3c(-c3c(C)c(C)c(C)c4oc5c(C)c6c(C)c([2H])c(C)c([2H])c6c(C)c5c34)c3c(C)c([2H])c([2H])c([2H])c23)c([2H])c(-c2c(C)c([2H])c(C)c3c2c(C)c([2H])c2c(C)c([2H])c([2H])c(C)c23)c1C. The number of fused-ring (bicyclic) bond motifs is 9. The van der Waals surface area contributed by atoms with E-state index < -0.39 is 6.04 Å². The maximum Gasteiger partial charge on any atom is 0.139 e. The lowest BCUT2D eigenvalue weighted by atomic mass is 9.78. The lowest BCUT2D eigenvalue weighted by molar-refractivity contribution is 0.662. The van der Waals surface area contributed by atoms with Crippen LogP contribution >= 0.6 is 0 Å². The molecule has 0 radical (unpaired) electrons. The summed E-state index contributed by atoms with van der Waals surface area (Å²) >= 11 is 0. The average Bonchev–Trinajstić information content (AvgIpc) is 4.11. The van der Waals surface area contributed by atoms with Crippen LogP contribution in [0.4, 0.5) is 0 Å². The van der Waals surface area contributed by atoms with Crippen molar-refractivity contribution in [3.8, 4) is 33.4 Å². The van der Waals surface area contributed by atoms with Gasteiger partial charge in [0.1, 0.15) is 11.2 Å². The van der Waals surface area contributed by atoms with E-state index in [-0.39, 0.29) is 123 Å². The average molecular weight is 885 g/mol. The fraction of sp³-hybridized carbons (Fsp3) is 0.242. The summed E-state index contributed by atoms with van der Waals surface area (Å²) in [5, 5.41) is 5.67. The molecule has 0 aliphatic heterocycles. The zero-order chi connectivity index (χ0) is 59.6. The molecule has 0 amide bonds. The second-order valence-corrected chi connectivity index (χ2v) is 19.3. The summed E-state index contributed by atoms with van der Waals surface area (Å²) < 4.78 is 143. The lowest BCUT2D eigenvalue weighted by Gasteiger charge is -2.24. The summed E-state index contributed by atoms with van der Waals surface area (Å²) in [5.41, 5.74) is 11.8. The minimum absolute atomic E-state index is 0.00684. The van der Waals surface area contributed by atoms with Crippen LogP contribution in [0.25, 0.3) is 109 Å². The van der Waals surface area contributed by atoms with Gasteiger partial charge in [-0.05, 0) is 276 Å². The van der Waals surface area contributed by atoms with Crippen molar-refractivity contribution in [1.82, 2.24) is 0 Å². The van der Waals surface area contributed by atoms with Crippen molar-refractivity contribution >= 4 is 75.8 Å². The molecule has 0 aliphatic carbocycles. The van der Waals surface area contributed by atoms with Crippen molar-refractivity contribution in [2.24, 2.45) is 0 Å². The van der Waals surface area contributed by atoms with Gasteiger partial charge in [-0.15, -0.1) is 0 Å². The first-order valence-corrected chi connectivity index (χ1v) is 23.2. The smallest absolute Gasteiger partial charge is 0.139 e. The third-order valence-corrected chi connectivity index (χ3v) is 14.9. The topological polar surface area (TPSA) is 13.1 Å². The molecule has 0 aliphatic rings. The summed E-state index contributed by atoms with van der Waals surface area (Å²) in [4.78, 5) is 0. The van der Waals surface area contributed by atoms with Gasteiger partial charge in [0.2, 0.25) is 0 Å². The molecule has 11 rings (SSSR count). The van der Waals surface area contributed by atoms with E-state index in [4.69, 9.17) is 8.53 Å². The van der Waals surface area contributed by atoms with Crippen LogP contribution < -0.4 is 0 Å². The number of hydrogen-bond acceptors (Lipinski definition) is 1. The minimum atomic E-state index is -0.406. The molecule has 0 saturated heterocycles. The van der Waals surface area contributed by atoms with E-state index in [2.05, 4.69) is 0 Å². The highest BCUT2D eigenvalue weighted by molar-refractivity contribution is 6.29. The van der Waals surface area contributed by atoms with Gasteiger partial charge in [-0.25, -0.2) is 0 Å². The fourth-order valence-corrected chi connectivity index (χ4v) is 11.7. The van der Waals surface area contributed by atoms with E-state index >= 15 is 0 Å². The lowest BCUT2D eigenvalue weighted by Crippen LogP contribution is -2.00. The minimum Gasteiger partial charge on any atom is -0.455 e. The molecule has 1 heteroatoms. The predicted molar refractivity (Wildman–Crippen MR) is 293 cm³/mol. The highest BCUT2D eigenvalue weighted by Gasteiger charge is 2.29. The third-order valence-electron chi connectivity index (χ3n) is 14.9. The predicted octanol–water partition coefficient (Wildman–Crippen LogP) is 19.3. The molecule has 1 nitrogen and oxygen atoms in total. The molecule has 0 N–H and O–H groups in total. The van der Waals surface area contributed by atoms with E-state index in [1.165, 1.54) is 0 Å². The second kappa shape index (κ2) is 14.9. The Morgan fingerprint density at radius 2 is 0.910 bits per heavy atom. The summed E-state index contributed by atoms with van der Waals surface area (Å²) in [6.45, 7) is 29.2. The Morgan fingerprint density at radius 3 is 1.66 bits per heavy atom. The number of aryl methyl sites for hydroxylation is 9. The molecule has 67 heavy (non-hydrogen) atoms. The van der Waals surface area contributed by atoms with Crippen molar-refractivity contribution in [1.29, 1.82) is 0 Å². The summed E-state index contributed by atoms with van der Waals surface area (Å²) in [6.07, 6.45) is 0. The van der Waals surface area contributed by atoms with Crippen LogP contribution in [0.3, 0.4) is 0 Å². The molecular weight excluding hydrogens is 809 g/mol. The third kappa shape index (κ3) is 5.92. The van der Waals surface area contributed by atoms with Crippen LogP contribution in [0.2, 0.25) is 0 Å². The largest absolute Gasteiger partial charge is 0.455 e. The van der Waals surface area contributed by atoms with Crippen LogP contribution in [-0.2, 0) is 0 Å². The zero-order valence-electron chi connectivity index (χ0n) is 55.4. The standard InChI is InChI=1S/C66H62O/c1-31-20-23-47-53(25-31)62(51-30-50(36(6)27-37(51)7)57-39(9)28-40(10)58-56-35(5)22-21-33(3)49(56)29-41(11)59(57)58)48-19-17-18-34(4)55(48)63(47)60-43(13)42(12)44(14)65-64(60)61-45(15)52-26-32(2)24-38(8)54(52)46(16)66(61)67-65/h17-30H,1-16H3/i17D,18D,19D,20D,21D,22D,23D,24D,25D,26D,27D,28D,29D,30D. The Hall–Kier alpha value is -6.70. The van der Waals surface area contributed by atoms with Crippen LogP contribution in [0, 0.1) is 111 Å². The maximum atomic E-state index is 10.8. The van der Waals surface area contributed by atoms with Crippen molar-refractivity contribution in [3.63, 3.8) is 0 Å². The highest BCUT2D eigenvalue weighted by Crippen LogP contribution is 2.53. The van der Waals surface area contributed by atoms with Crippen LogP contribution in [0.1, 0.15) is 108 Å². The molecule has 10 aromatic carbocycles. The number of hydrogen-bond donors (Lipinski definition) is 0. The quantitative estimate of drug-likeness (QED) is 0.127. The van der Waals surface area contributed by atoms with Crippen molar-refractivity contribution < 1.29 is 23.6 Å². The Labute approximate surface area is 416 Å². The summed E-state index contributed by atoms with van der Waals surface area (Å²) in [7, 11) is 0. The van der Waals surface area contributed by atoms with Crippen LogP contribution in [0.15, 0.2) is 89.0 Å². The Bertz CT molecular complexity index is 4820. The van der Waals surface area contributed by atoms with Gasteiger partial charge in [0.15, 0.2) is 0 Å². The Balaban J connectivity index is 1.44. The summed E-state index contributed by atoms with van der Waals surface area (Å²) in [5.74, 6) is 0. The van der Waals surface area contributed by atoms with Crippen molar-refractivity contribution in [2.75, 3.05) is 0 Å². The second-order valence-electron chi connectivity index (χ2n) is 19.3. The molecular formula is C66H62O. The Morgan fingerprint density at radius 1 is 0.284 bits per heavy atom. The van der Waals surface area contributed by atoms with E-state index in [1.54, 1.807) is 55.4 Å². The van der Waals surface area contributed by atoms with Gasteiger partial charge >= 0.3 is 0 Å². The normalized spacial score (nSPS) is 15.1. The number of benzene rings is 10. The van der Waals surface area contributed by atoms with E-state index in [1.807, 2.05) is 55.4 Å². The molecule has 0 spiro atoms. The van der Waals surface area contributed by atoms with Crippen molar-refractivity contribution in [2.45, 2.75) is 111 Å². The fourth-order valence-electron chi connectivity index (χ4n) is 11.7. The molecule has 0 atom stereocenters. The molecule has 0 saturated carbocycles. The van der Waals surface area contributed by atoms with Crippen molar-refractivity contribution in [3.05, 3.63) is 174 Å². The van der Waals surface area contributed by atoms with Gasteiger partial charge in [0.25, 0.3) is 0 Å².